The van der Waals surface area contributed by atoms with Gasteiger partial charge in [0.1, 0.15) is 5.82 Å². The van der Waals surface area contributed by atoms with Gasteiger partial charge >= 0.3 is 0 Å². The van der Waals surface area contributed by atoms with Crippen molar-refractivity contribution in [3.05, 3.63) is 58.0 Å². The number of nitrogens with one attached hydrogen (secondary N) is 2. The van der Waals surface area contributed by atoms with Crippen LogP contribution in [0.4, 0.5) is 4.39 Å². The molecule has 0 spiro atoms. The van der Waals surface area contributed by atoms with Crippen LogP contribution in [0.1, 0.15) is 23.3 Å². The number of hydrogen-bond donors (Lipinski definition) is 2. The highest BCUT2D eigenvalue weighted by atomic mass is 127. The molecule has 1 unspecified atom stereocenters. The normalized spacial score (nSPS) is 12.4. The molecule has 6 heteroatoms. The minimum absolute atomic E-state index is 0. The quantitative estimate of drug-likeness (QED) is 0.399. The summed E-state index contributed by atoms with van der Waals surface area (Å²) in [5.74, 6) is 1.03. The molecule has 0 aliphatic heterocycles. The van der Waals surface area contributed by atoms with Gasteiger partial charge in [0.05, 0.1) is 0 Å². The summed E-state index contributed by atoms with van der Waals surface area (Å²) in [6.45, 7) is 3.75. The van der Waals surface area contributed by atoms with Crippen molar-refractivity contribution in [3.8, 4) is 0 Å². The van der Waals surface area contributed by atoms with E-state index in [2.05, 4.69) is 40.1 Å². The number of thiophene rings is 1. The van der Waals surface area contributed by atoms with Gasteiger partial charge in [-0.15, -0.1) is 35.3 Å². The summed E-state index contributed by atoms with van der Waals surface area (Å²) in [6, 6.07) is 10.9. The lowest BCUT2D eigenvalue weighted by Gasteiger charge is -2.15. The topological polar surface area (TPSA) is 36.4 Å². The molecule has 1 atom stereocenters. The Kier molecular flexibility index (Phi) is 9.16. The van der Waals surface area contributed by atoms with E-state index in [1.807, 2.05) is 6.07 Å². The highest BCUT2D eigenvalue weighted by molar-refractivity contribution is 14.0. The lowest BCUT2D eigenvalue weighted by atomic mass is 10.1. The van der Waals surface area contributed by atoms with Gasteiger partial charge in [-0.25, -0.2) is 4.39 Å². The number of hydrogen-bond acceptors (Lipinski definition) is 2. The highest BCUT2D eigenvalue weighted by Gasteiger charge is 2.07. The Bertz CT molecular complexity index is 602. The molecule has 0 saturated heterocycles. The summed E-state index contributed by atoms with van der Waals surface area (Å²) in [5, 5.41) is 8.68. The van der Waals surface area contributed by atoms with Crippen LogP contribution in [0.2, 0.25) is 0 Å². The molecular weight excluding hydrogens is 424 g/mol. The van der Waals surface area contributed by atoms with Gasteiger partial charge in [0.15, 0.2) is 5.96 Å². The Morgan fingerprint density at radius 2 is 2.09 bits per heavy atom. The van der Waals surface area contributed by atoms with E-state index < -0.39 is 0 Å². The van der Waals surface area contributed by atoms with Crippen LogP contribution < -0.4 is 10.6 Å². The van der Waals surface area contributed by atoms with Gasteiger partial charge in [-0.1, -0.05) is 25.1 Å². The van der Waals surface area contributed by atoms with E-state index in [-0.39, 0.29) is 29.8 Å². The largest absolute Gasteiger partial charge is 0.356 e. The summed E-state index contributed by atoms with van der Waals surface area (Å²) in [4.78, 5) is 5.58. The zero-order valence-corrected chi connectivity index (χ0v) is 16.5. The van der Waals surface area contributed by atoms with Crippen LogP contribution >= 0.6 is 35.3 Å². The molecule has 0 bridgehead atoms. The second kappa shape index (κ2) is 10.6. The van der Waals surface area contributed by atoms with Crippen molar-refractivity contribution in [2.75, 3.05) is 20.1 Å². The summed E-state index contributed by atoms with van der Waals surface area (Å²) < 4.78 is 13.1. The molecule has 0 aliphatic rings. The van der Waals surface area contributed by atoms with Crippen molar-refractivity contribution in [1.29, 1.82) is 0 Å². The lowest BCUT2D eigenvalue weighted by Crippen LogP contribution is -2.39. The monoisotopic (exact) mass is 447 g/mol. The standard InChI is InChI=1S/C17H22FN3S.HI/c1-13(16-7-4-10-22-16)12-21-17(19-2)20-9-8-14-5-3-6-15(18)11-14;/h3-7,10-11,13H,8-9,12H2,1-2H3,(H2,19,20,21);1H. The van der Waals surface area contributed by atoms with Gasteiger partial charge < -0.3 is 10.6 Å². The number of guanidine groups is 1. The van der Waals surface area contributed by atoms with Crippen molar-refractivity contribution in [1.82, 2.24) is 10.6 Å². The SMILES string of the molecule is CN=C(NCCc1cccc(F)c1)NCC(C)c1cccs1.I. The molecule has 0 fully saturated rings. The maximum Gasteiger partial charge on any atom is 0.191 e. The molecule has 0 amide bonds. The zero-order chi connectivity index (χ0) is 15.8. The van der Waals surface area contributed by atoms with E-state index in [1.165, 1.54) is 10.9 Å². The Hall–Kier alpha value is -1.15. The predicted molar refractivity (Wildman–Crippen MR) is 108 cm³/mol. The lowest BCUT2D eigenvalue weighted by molar-refractivity contribution is 0.625. The van der Waals surface area contributed by atoms with Crippen LogP contribution in [0.3, 0.4) is 0 Å². The molecule has 1 aromatic carbocycles. The number of aliphatic imine (C=N–C) groups is 1. The van der Waals surface area contributed by atoms with Gasteiger partial charge in [0.2, 0.25) is 0 Å². The third-order valence-electron chi connectivity index (χ3n) is 3.42. The van der Waals surface area contributed by atoms with E-state index in [4.69, 9.17) is 0 Å². The summed E-state index contributed by atoms with van der Waals surface area (Å²) >= 11 is 1.77. The molecule has 2 N–H and O–H groups in total. The van der Waals surface area contributed by atoms with Crippen LogP contribution in [0, 0.1) is 5.82 Å². The second-order valence-electron chi connectivity index (χ2n) is 5.18. The van der Waals surface area contributed by atoms with Crippen LogP contribution in [0.5, 0.6) is 0 Å². The average molecular weight is 447 g/mol. The molecule has 23 heavy (non-hydrogen) atoms. The third kappa shape index (κ3) is 6.87. The summed E-state index contributed by atoms with van der Waals surface area (Å²) in [5.41, 5.74) is 0.981. The molecule has 0 radical (unpaired) electrons. The minimum Gasteiger partial charge on any atom is -0.356 e. The fourth-order valence-electron chi connectivity index (χ4n) is 2.16. The van der Waals surface area contributed by atoms with Gasteiger partial charge in [-0.05, 0) is 35.6 Å². The van der Waals surface area contributed by atoms with Crippen LogP contribution in [-0.2, 0) is 6.42 Å². The third-order valence-corrected chi connectivity index (χ3v) is 4.53. The fourth-order valence-corrected chi connectivity index (χ4v) is 2.95. The van der Waals surface area contributed by atoms with Crippen molar-refractivity contribution in [3.63, 3.8) is 0 Å². The van der Waals surface area contributed by atoms with Crippen LogP contribution in [0.15, 0.2) is 46.8 Å². The van der Waals surface area contributed by atoms with Gasteiger partial charge in [0, 0.05) is 30.9 Å². The summed E-state index contributed by atoms with van der Waals surface area (Å²) in [6.07, 6.45) is 0.763. The first kappa shape index (κ1) is 19.9. The molecule has 3 nitrogen and oxygen atoms in total. The smallest absolute Gasteiger partial charge is 0.191 e. The van der Waals surface area contributed by atoms with Crippen LogP contribution in [-0.4, -0.2) is 26.1 Å². The molecule has 2 rings (SSSR count). The first-order chi connectivity index (χ1) is 10.7. The fraction of sp³-hybridized carbons (Fsp3) is 0.353. The van der Waals surface area contributed by atoms with Gasteiger partial charge in [-0.3, -0.25) is 4.99 Å². The van der Waals surface area contributed by atoms with Crippen molar-refractivity contribution in [2.24, 2.45) is 4.99 Å². The summed E-state index contributed by atoms with van der Waals surface area (Å²) in [7, 11) is 1.76. The number of benzene rings is 1. The number of rotatable bonds is 6. The number of nitrogens with zero attached hydrogens (tertiary/aromatic N) is 1. The Labute approximate surface area is 158 Å². The van der Waals surface area contributed by atoms with Gasteiger partial charge in [-0.2, -0.15) is 0 Å². The highest BCUT2D eigenvalue weighted by Crippen LogP contribution is 2.19. The van der Waals surface area contributed by atoms with Crippen LogP contribution in [0.25, 0.3) is 0 Å². The zero-order valence-electron chi connectivity index (χ0n) is 13.4. The maximum atomic E-state index is 13.1. The van der Waals surface area contributed by atoms with Crippen molar-refractivity contribution in [2.45, 2.75) is 19.3 Å². The second-order valence-corrected chi connectivity index (χ2v) is 6.16. The van der Waals surface area contributed by atoms with Crippen molar-refractivity contribution >= 4 is 41.3 Å². The van der Waals surface area contributed by atoms with E-state index >= 15 is 0 Å². The minimum atomic E-state index is -0.190. The number of halogens is 2. The first-order valence-corrected chi connectivity index (χ1v) is 8.29. The Morgan fingerprint density at radius 1 is 1.26 bits per heavy atom. The molecule has 126 valence electrons. The molecule has 0 saturated carbocycles. The Morgan fingerprint density at radius 3 is 2.74 bits per heavy atom. The van der Waals surface area contributed by atoms with Gasteiger partial charge in [0.25, 0.3) is 0 Å². The average Bonchev–Trinajstić information content (AvgIpc) is 3.05. The molecule has 0 aliphatic carbocycles. The first-order valence-electron chi connectivity index (χ1n) is 7.41. The van der Waals surface area contributed by atoms with Crippen molar-refractivity contribution < 1.29 is 4.39 Å². The maximum absolute atomic E-state index is 13.1. The van der Waals surface area contributed by atoms with E-state index in [9.17, 15) is 4.39 Å². The molecule has 1 aromatic heterocycles. The molecular formula is C17H23FIN3S. The van der Waals surface area contributed by atoms with E-state index in [0.29, 0.717) is 5.92 Å². The Balaban J connectivity index is 0.00000264. The van der Waals surface area contributed by atoms with E-state index in [0.717, 1.165) is 31.0 Å². The van der Waals surface area contributed by atoms with E-state index in [1.54, 1.807) is 30.5 Å². The molecule has 2 aromatic rings. The predicted octanol–water partition coefficient (Wildman–Crippen LogP) is 4.02. The molecule has 1 heterocycles.